The van der Waals surface area contributed by atoms with Crippen LogP contribution in [0.2, 0.25) is 0 Å². The highest BCUT2D eigenvalue weighted by Gasteiger charge is 2.36. The summed E-state index contributed by atoms with van der Waals surface area (Å²) in [5.74, 6) is 0.278. The minimum Gasteiger partial charge on any atom is -0.342 e. The lowest BCUT2D eigenvalue weighted by molar-refractivity contribution is -0.135. The molecule has 1 saturated carbocycles. The number of piperidine rings is 1. The lowest BCUT2D eigenvalue weighted by atomic mass is 9.97. The smallest absolute Gasteiger partial charge is 0.231 e. The van der Waals surface area contributed by atoms with Crippen molar-refractivity contribution < 1.29 is 9.59 Å². The average Bonchev–Trinajstić information content (AvgIpc) is 3.46. The van der Waals surface area contributed by atoms with Gasteiger partial charge in [0.1, 0.15) is 0 Å². The van der Waals surface area contributed by atoms with Crippen molar-refractivity contribution in [1.82, 2.24) is 9.88 Å². The second-order valence-electron chi connectivity index (χ2n) is 7.15. The number of carbonyl (C=O) groups excluding carboxylic acids is 2. The minimum atomic E-state index is -0.144. The first-order valence-electron chi connectivity index (χ1n) is 9.33. The molecule has 2 amide bonds. The highest BCUT2D eigenvalue weighted by molar-refractivity contribution is 7.98. The van der Waals surface area contributed by atoms with Crippen LogP contribution in [0.4, 0.5) is 5.13 Å². The second-order valence-corrected chi connectivity index (χ2v) is 8.89. The van der Waals surface area contributed by atoms with Crippen LogP contribution in [0.5, 0.6) is 0 Å². The van der Waals surface area contributed by atoms with Gasteiger partial charge in [-0.15, -0.1) is 23.1 Å². The summed E-state index contributed by atoms with van der Waals surface area (Å²) in [5.41, 5.74) is 1.92. The first-order valence-corrected chi connectivity index (χ1v) is 11.4. The number of carbonyl (C=O) groups is 2. The van der Waals surface area contributed by atoms with Gasteiger partial charge in [-0.25, -0.2) is 4.98 Å². The molecular weight excluding hydrogens is 378 g/mol. The Morgan fingerprint density at radius 1 is 1.19 bits per heavy atom. The predicted octanol–water partition coefficient (Wildman–Crippen LogP) is 4.12. The lowest BCUT2D eigenvalue weighted by Gasteiger charge is -2.32. The van der Waals surface area contributed by atoms with Gasteiger partial charge >= 0.3 is 0 Å². The Bertz CT molecular complexity index is 830. The average molecular weight is 402 g/mol. The standard InChI is InChI=1S/C20H23N3O2S2/c1-26-16-8-6-13(7-9-16)17-12-27-20(21-17)22-18(24)15-3-2-10-23(11-15)19(25)14-4-5-14/h6-9,12,14-15H,2-5,10-11H2,1H3,(H,21,22,24). The first kappa shape index (κ1) is 18.5. The molecule has 1 aromatic heterocycles. The normalized spacial score (nSPS) is 19.7. The molecule has 1 aromatic carbocycles. The van der Waals surface area contributed by atoms with Gasteiger partial charge in [0, 0.05) is 34.8 Å². The van der Waals surface area contributed by atoms with Gasteiger partial charge in [-0.3, -0.25) is 9.59 Å². The zero-order valence-electron chi connectivity index (χ0n) is 15.3. The maximum absolute atomic E-state index is 12.7. The lowest BCUT2D eigenvalue weighted by Crippen LogP contribution is -2.44. The van der Waals surface area contributed by atoms with Crippen LogP contribution < -0.4 is 5.32 Å². The number of thioether (sulfide) groups is 1. The van der Waals surface area contributed by atoms with Crippen LogP contribution in [0.1, 0.15) is 25.7 Å². The largest absolute Gasteiger partial charge is 0.342 e. The van der Waals surface area contributed by atoms with Crippen LogP contribution in [0, 0.1) is 11.8 Å². The summed E-state index contributed by atoms with van der Waals surface area (Å²) in [7, 11) is 0. The Labute approximate surface area is 167 Å². The van der Waals surface area contributed by atoms with Crippen LogP contribution in [-0.2, 0) is 9.59 Å². The van der Waals surface area contributed by atoms with E-state index in [1.807, 2.05) is 10.3 Å². The van der Waals surface area contributed by atoms with Crippen LogP contribution in [0.25, 0.3) is 11.3 Å². The number of nitrogens with one attached hydrogen (secondary N) is 1. The van der Waals surface area contributed by atoms with E-state index in [0.29, 0.717) is 11.7 Å². The molecule has 2 aromatic rings. The van der Waals surface area contributed by atoms with E-state index < -0.39 is 0 Å². The SMILES string of the molecule is CSc1ccc(-c2csc(NC(=O)C3CCCN(C(=O)C4CC4)C3)n2)cc1. The Balaban J connectivity index is 1.37. The monoisotopic (exact) mass is 401 g/mol. The van der Waals surface area contributed by atoms with Gasteiger partial charge in [0.15, 0.2) is 5.13 Å². The minimum absolute atomic E-state index is 0.0260. The Kier molecular flexibility index (Phi) is 5.50. The zero-order chi connectivity index (χ0) is 18.8. The van der Waals surface area contributed by atoms with Crippen molar-refractivity contribution in [2.75, 3.05) is 24.7 Å². The number of aromatic nitrogens is 1. The number of hydrogen-bond donors (Lipinski definition) is 1. The molecule has 1 N–H and O–H groups in total. The quantitative estimate of drug-likeness (QED) is 0.766. The molecule has 1 atom stereocenters. The molecule has 1 unspecified atom stereocenters. The Morgan fingerprint density at radius 2 is 1.96 bits per heavy atom. The fourth-order valence-electron chi connectivity index (χ4n) is 3.41. The number of rotatable bonds is 5. The third-order valence-electron chi connectivity index (χ3n) is 5.15. The molecule has 27 heavy (non-hydrogen) atoms. The molecule has 5 nitrogen and oxygen atoms in total. The summed E-state index contributed by atoms with van der Waals surface area (Å²) in [4.78, 5) is 32.6. The van der Waals surface area contributed by atoms with Crippen molar-refractivity contribution in [3.05, 3.63) is 29.6 Å². The van der Waals surface area contributed by atoms with E-state index >= 15 is 0 Å². The molecule has 142 valence electrons. The van der Waals surface area contributed by atoms with Gasteiger partial charge in [0.2, 0.25) is 11.8 Å². The third-order valence-corrected chi connectivity index (χ3v) is 6.65. The topological polar surface area (TPSA) is 62.3 Å². The van der Waals surface area contributed by atoms with E-state index in [1.54, 1.807) is 11.8 Å². The molecule has 1 aliphatic heterocycles. The highest BCUT2D eigenvalue weighted by atomic mass is 32.2. The summed E-state index contributed by atoms with van der Waals surface area (Å²) in [6.45, 7) is 1.32. The van der Waals surface area contributed by atoms with Crippen molar-refractivity contribution in [1.29, 1.82) is 0 Å². The van der Waals surface area contributed by atoms with E-state index in [-0.39, 0.29) is 23.7 Å². The summed E-state index contributed by atoms with van der Waals surface area (Å²) >= 11 is 3.15. The van der Waals surface area contributed by atoms with Gasteiger partial charge < -0.3 is 10.2 Å². The highest BCUT2D eigenvalue weighted by Crippen LogP contribution is 2.33. The van der Waals surface area contributed by atoms with E-state index in [0.717, 1.165) is 43.5 Å². The molecule has 4 rings (SSSR count). The van der Waals surface area contributed by atoms with Gasteiger partial charge in [-0.2, -0.15) is 0 Å². The van der Waals surface area contributed by atoms with E-state index in [4.69, 9.17) is 0 Å². The molecule has 0 bridgehead atoms. The molecule has 0 radical (unpaired) electrons. The summed E-state index contributed by atoms with van der Waals surface area (Å²) in [6.07, 6.45) is 5.78. The summed E-state index contributed by atoms with van der Waals surface area (Å²) in [6, 6.07) is 8.25. The molecule has 2 heterocycles. The maximum Gasteiger partial charge on any atom is 0.231 e. The predicted molar refractivity (Wildman–Crippen MR) is 110 cm³/mol. The second kappa shape index (κ2) is 8.02. The number of nitrogens with zero attached hydrogens (tertiary/aromatic N) is 2. The summed E-state index contributed by atoms with van der Waals surface area (Å²) in [5, 5.41) is 5.54. The van der Waals surface area contributed by atoms with Crippen molar-refractivity contribution in [2.24, 2.45) is 11.8 Å². The van der Waals surface area contributed by atoms with Crippen LogP contribution >= 0.6 is 23.1 Å². The van der Waals surface area contributed by atoms with Gasteiger partial charge in [-0.1, -0.05) is 12.1 Å². The van der Waals surface area contributed by atoms with Crippen molar-refractivity contribution in [2.45, 2.75) is 30.6 Å². The van der Waals surface area contributed by atoms with Gasteiger partial charge in [0.25, 0.3) is 0 Å². The number of likely N-dealkylation sites (tertiary alicyclic amines) is 1. The molecule has 0 spiro atoms. The van der Waals surface area contributed by atoms with E-state index in [1.165, 1.54) is 16.2 Å². The van der Waals surface area contributed by atoms with Gasteiger partial charge in [0.05, 0.1) is 11.6 Å². The number of anilines is 1. The van der Waals surface area contributed by atoms with E-state index in [2.05, 4.69) is 40.8 Å². The van der Waals surface area contributed by atoms with Crippen LogP contribution in [-0.4, -0.2) is 41.0 Å². The Morgan fingerprint density at radius 3 is 2.67 bits per heavy atom. The summed E-state index contributed by atoms with van der Waals surface area (Å²) < 4.78 is 0. The zero-order valence-corrected chi connectivity index (χ0v) is 16.9. The molecule has 2 aliphatic rings. The van der Waals surface area contributed by atoms with Crippen molar-refractivity contribution in [3.8, 4) is 11.3 Å². The molecule has 2 fully saturated rings. The van der Waals surface area contributed by atoms with Crippen molar-refractivity contribution >= 4 is 40.0 Å². The fourth-order valence-corrected chi connectivity index (χ4v) is 4.54. The first-order chi connectivity index (χ1) is 13.1. The molecule has 7 heteroatoms. The maximum atomic E-state index is 12.7. The number of amides is 2. The van der Waals surface area contributed by atoms with Crippen LogP contribution in [0.3, 0.4) is 0 Å². The van der Waals surface area contributed by atoms with E-state index in [9.17, 15) is 9.59 Å². The van der Waals surface area contributed by atoms with Gasteiger partial charge in [-0.05, 0) is 44.1 Å². The molecule has 1 saturated heterocycles. The van der Waals surface area contributed by atoms with Crippen LogP contribution in [0.15, 0.2) is 34.5 Å². The third kappa shape index (κ3) is 4.35. The number of benzene rings is 1. The Hall–Kier alpha value is -1.86. The molecular formula is C20H23N3O2S2. The number of hydrogen-bond acceptors (Lipinski definition) is 5. The fraction of sp³-hybridized carbons (Fsp3) is 0.450. The molecule has 1 aliphatic carbocycles. The van der Waals surface area contributed by atoms with Crippen molar-refractivity contribution in [3.63, 3.8) is 0 Å². The number of thiazole rings is 1.